The molecule has 0 atom stereocenters. The van der Waals surface area contributed by atoms with E-state index in [0.29, 0.717) is 22.9 Å². The molecule has 1 amide bonds. The number of alkyl halides is 2. The lowest BCUT2D eigenvalue weighted by atomic mass is 10.2. The maximum absolute atomic E-state index is 12.2. The highest BCUT2D eigenvalue weighted by Crippen LogP contribution is 2.30. The van der Waals surface area contributed by atoms with Crippen LogP contribution in [0.3, 0.4) is 0 Å². The van der Waals surface area contributed by atoms with Crippen molar-refractivity contribution in [2.75, 3.05) is 31.4 Å². The third-order valence-corrected chi connectivity index (χ3v) is 3.58. The Morgan fingerprint density at radius 2 is 1.85 bits per heavy atom. The summed E-state index contributed by atoms with van der Waals surface area (Å²) < 4.78 is 39.0. The van der Waals surface area contributed by atoms with Gasteiger partial charge >= 0.3 is 6.61 Å². The number of ether oxygens (including phenoxy) is 3. The highest BCUT2D eigenvalue weighted by atomic mass is 35.5. The lowest BCUT2D eigenvalue weighted by Gasteiger charge is -2.13. The van der Waals surface area contributed by atoms with Crippen molar-refractivity contribution in [3.05, 3.63) is 41.4 Å². The maximum atomic E-state index is 12.2. The zero-order valence-corrected chi connectivity index (χ0v) is 14.8. The van der Waals surface area contributed by atoms with Crippen molar-refractivity contribution < 1.29 is 27.8 Å². The quantitative estimate of drug-likeness (QED) is 0.717. The summed E-state index contributed by atoms with van der Waals surface area (Å²) in [7, 11) is 3.00. The predicted molar refractivity (Wildman–Crippen MR) is 94.7 cm³/mol. The number of methoxy groups -OCH3 is 2. The molecular weight excluding hydrogens is 370 g/mol. The summed E-state index contributed by atoms with van der Waals surface area (Å²) in [5.41, 5.74) is 0.932. The Morgan fingerprint density at radius 3 is 2.46 bits per heavy atom. The van der Waals surface area contributed by atoms with Gasteiger partial charge in [-0.05, 0) is 30.3 Å². The molecule has 140 valence electrons. The first-order chi connectivity index (χ1) is 12.4. The average molecular weight is 387 g/mol. The van der Waals surface area contributed by atoms with Crippen molar-refractivity contribution in [3.63, 3.8) is 0 Å². The molecule has 6 nitrogen and oxygen atoms in total. The van der Waals surface area contributed by atoms with Crippen LogP contribution in [0.1, 0.15) is 0 Å². The number of carbonyl (C=O) groups excluding carboxylic acids is 1. The summed E-state index contributed by atoms with van der Waals surface area (Å²) in [5.74, 6) is 0.560. The number of amides is 1. The second-order valence-corrected chi connectivity index (χ2v) is 5.40. The Hall–Kier alpha value is -2.74. The first kappa shape index (κ1) is 19.6. The van der Waals surface area contributed by atoms with Crippen LogP contribution >= 0.6 is 11.6 Å². The van der Waals surface area contributed by atoms with Crippen LogP contribution < -0.4 is 24.8 Å². The van der Waals surface area contributed by atoms with Crippen LogP contribution in [0.2, 0.25) is 5.02 Å². The molecule has 0 spiro atoms. The Balaban J connectivity index is 1.98. The molecule has 0 aliphatic carbocycles. The minimum absolute atomic E-state index is 0.00479. The minimum atomic E-state index is -2.96. The van der Waals surface area contributed by atoms with Crippen molar-refractivity contribution in [2.24, 2.45) is 0 Å². The van der Waals surface area contributed by atoms with Crippen LogP contribution in [0.15, 0.2) is 36.4 Å². The summed E-state index contributed by atoms with van der Waals surface area (Å²) in [6.45, 7) is -3.04. The largest absolute Gasteiger partial charge is 0.497 e. The molecule has 2 N–H and O–H groups in total. The number of hydrogen-bond acceptors (Lipinski definition) is 5. The number of nitrogens with one attached hydrogen (secondary N) is 2. The predicted octanol–water partition coefficient (Wildman–Crippen LogP) is 4.01. The van der Waals surface area contributed by atoms with Crippen LogP contribution in [0.4, 0.5) is 20.2 Å². The molecule has 0 saturated carbocycles. The standard InChI is InChI=1S/C17H17ClF2N2O4/c1-24-11-4-6-15(25-2)13(8-11)22-16(23)9-21-10-3-5-14(12(18)7-10)26-17(19)20/h3-8,17,21H,9H2,1-2H3,(H,22,23). The molecule has 0 bridgehead atoms. The summed E-state index contributed by atoms with van der Waals surface area (Å²) in [4.78, 5) is 12.1. The highest BCUT2D eigenvalue weighted by molar-refractivity contribution is 6.32. The minimum Gasteiger partial charge on any atom is -0.497 e. The van der Waals surface area contributed by atoms with Gasteiger partial charge in [-0.1, -0.05) is 11.6 Å². The van der Waals surface area contributed by atoms with Crippen molar-refractivity contribution in [3.8, 4) is 17.2 Å². The third kappa shape index (κ3) is 5.38. The fourth-order valence-corrected chi connectivity index (χ4v) is 2.32. The third-order valence-electron chi connectivity index (χ3n) is 3.28. The Morgan fingerprint density at radius 1 is 1.12 bits per heavy atom. The van der Waals surface area contributed by atoms with Crippen molar-refractivity contribution in [1.82, 2.24) is 0 Å². The van der Waals surface area contributed by atoms with Gasteiger partial charge in [0.25, 0.3) is 0 Å². The SMILES string of the molecule is COc1ccc(OC)c(NC(=O)CNc2ccc(OC(F)F)c(Cl)c2)c1. The second-order valence-electron chi connectivity index (χ2n) is 4.99. The average Bonchev–Trinajstić information content (AvgIpc) is 2.61. The number of carbonyl (C=O) groups is 1. The van der Waals surface area contributed by atoms with Crippen molar-refractivity contribution in [2.45, 2.75) is 6.61 Å². The summed E-state index contributed by atoms with van der Waals surface area (Å²) >= 11 is 5.86. The van der Waals surface area contributed by atoms with Crippen LogP contribution in [-0.4, -0.2) is 33.3 Å². The molecule has 0 aromatic heterocycles. The van der Waals surface area contributed by atoms with Gasteiger partial charge in [-0.25, -0.2) is 0 Å². The van der Waals surface area contributed by atoms with Crippen molar-refractivity contribution >= 4 is 28.9 Å². The Labute approximate surface area is 154 Å². The lowest BCUT2D eigenvalue weighted by Crippen LogP contribution is -2.22. The van der Waals surface area contributed by atoms with E-state index in [1.807, 2.05) is 0 Å². The van der Waals surface area contributed by atoms with Crippen LogP contribution in [-0.2, 0) is 4.79 Å². The van der Waals surface area contributed by atoms with Gasteiger partial charge in [0.15, 0.2) is 0 Å². The highest BCUT2D eigenvalue weighted by Gasteiger charge is 2.11. The zero-order chi connectivity index (χ0) is 19.1. The summed E-state index contributed by atoms with van der Waals surface area (Å²) in [5, 5.41) is 5.54. The molecule has 9 heteroatoms. The van der Waals surface area contributed by atoms with E-state index in [1.54, 1.807) is 18.2 Å². The molecule has 2 rings (SSSR count). The molecule has 0 fully saturated rings. The van der Waals surface area contributed by atoms with Gasteiger partial charge in [0, 0.05) is 11.8 Å². The Kier molecular flexibility index (Phi) is 6.85. The topological polar surface area (TPSA) is 68.8 Å². The number of anilines is 2. The van der Waals surface area contributed by atoms with Crippen LogP contribution in [0.5, 0.6) is 17.2 Å². The van der Waals surface area contributed by atoms with E-state index in [9.17, 15) is 13.6 Å². The molecule has 26 heavy (non-hydrogen) atoms. The van der Waals surface area contributed by atoms with Gasteiger partial charge < -0.3 is 24.8 Å². The van der Waals surface area contributed by atoms with E-state index in [1.165, 1.54) is 32.4 Å². The maximum Gasteiger partial charge on any atom is 0.387 e. The van der Waals surface area contributed by atoms with Gasteiger partial charge in [-0.15, -0.1) is 0 Å². The van der Waals surface area contributed by atoms with Gasteiger partial charge in [0.1, 0.15) is 17.2 Å². The molecule has 2 aromatic carbocycles. The fraction of sp³-hybridized carbons (Fsp3) is 0.235. The first-order valence-corrected chi connectivity index (χ1v) is 7.81. The van der Waals surface area contributed by atoms with E-state index >= 15 is 0 Å². The van der Waals surface area contributed by atoms with Gasteiger partial charge in [0.05, 0.1) is 31.5 Å². The normalized spacial score (nSPS) is 10.4. The number of rotatable bonds is 8. The molecule has 0 radical (unpaired) electrons. The van der Waals surface area contributed by atoms with Crippen molar-refractivity contribution in [1.29, 1.82) is 0 Å². The fourth-order valence-electron chi connectivity index (χ4n) is 2.09. The molecule has 0 unspecified atom stereocenters. The number of hydrogen-bond donors (Lipinski definition) is 2. The lowest BCUT2D eigenvalue weighted by molar-refractivity contribution is -0.114. The number of benzene rings is 2. The second kappa shape index (κ2) is 9.10. The van der Waals surface area contributed by atoms with Gasteiger partial charge in [-0.2, -0.15) is 8.78 Å². The van der Waals surface area contributed by atoms with Gasteiger partial charge in [-0.3, -0.25) is 4.79 Å². The Bertz CT molecular complexity index is 774. The van der Waals surface area contributed by atoms with Crippen LogP contribution in [0, 0.1) is 0 Å². The monoisotopic (exact) mass is 386 g/mol. The van der Waals surface area contributed by atoms with E-state index in [4.69, 9.17) is 21.1 Å². The van der Waals surface area contributed by atoms with Gasteiger partial charge in [0.2, 0.25) is 5.91 Å². The van der Waals surface area contributed by atoms with E-state index in [2.05, 4.69) is 15.4 Å². The molecule has 0 aliphatic heterocycles. The van der Waals surface area contributed by atoms with E-state index in [0.717, 1.165) is 0 Å². The smallest absolute Gasteiger partial charge is 0.387 e. The van der Waals surface area contributed by atoms with E-state index in [-0.39, 0.29) is 23.2 Å². The molecule has 0 heterocycles. The zero-order valence-electron chi connectivity index (χ0n) is 14.0. The molecule has 0 aliphatic rings. The first-order valence-electron chi connectivity index (χ1n) is 7.43. The summed E-state index contributed by atoms with van der Waals surface area (Å²) in [6, 6.07) is 9.16. The molecule has 0 saturated heterocycles. The van der Waals surface area contributed by atoms with E-state index < -0.39 is 6.61 Å². The number of halogens is 3. The van der Waals surface area contributed by atoms with Crippen LogP contribution in [0.25, 0.3) is 0 Å². The molecule has 2 aromatic rings. The molecular formula is C17H17ClF2N2O4. The summed E-state index contributed by atoms with van der Waals surface area (Å²) in [6.07, 6.45) is 0.